The van der Waals surface area contributed by atoms with Crippen LogP contribution in [0, 0.1) is 0 Å². The number of benzene rings is 1. The maximum atomic E-state index is 5.95. The van der Waals surface area contributed by atoms with Crippen LogP contribution >= 0.6 is 0 Å². The minimum Gasteiger partial charge on any atom is -0.497 e. The fourth-order valence-electron chi connectivity index (χ4n) is 3.28. The van der Waals surface area contributed by atoms with E-state index >= 15 is 0 Å². The van der Waals surface area contributed by atoms with Crippen molar-refractivity contribution in [2.45, 2.75) is 51.9 Å². The van der Waals surface area contributed by atoms with Crippen LogP contribution in [-0.4, -0.2) is 76.1 Å². The molecule has 2 N–H and O–H groups in total. The van der Waals surface area contributed by atoms with E-state index in [1.54, 1.807) is 7.11 Å². The highest BCUT2D eigenvalue weighted by molar-refractivity contribution is 5.80. The third-order valence-electron chi connectivity index (χ3n) is 4.96. The van der Waals surface area contributed by atoms with Gasteiger partial charge in [-0.3, -0.25) is 4.99 Å². The Morgan fingerprint density at radius 2 is 1.79 bits per heavy atom. The molecular formula is C22H38N4O3. The van der Waals surface area contributed by atoms with Gasteiger partial charge in [-0.15, -0.1) is 0 Å². The molecule has 7 nitrogen and oxygen atoms in total. The van der Waals surface area contributed by atoms with Crippen LogP contribution in [0.25, 0.3) is 0 Å². The van der Waals surface area contributed by atoms with Gasteiger partial charge in [0.1, 0.15) is 17.6 Å². The second-order valence-corrected chi connectivity index (χ2v) is 7.74. The van der Waals surface area contributed by atoms with Gasteiger partial charge in [0.25, 0.3) is 0 Å². The van der Waals surface area contributed by atoms with Gasteiger partial charge in [-0.1, -0.05) is 0 Å². The molecular weight excluding hydrogens is 368 g/mol. The molecule has 0 saturated carbocycles. The molecule has 1 aliphatic rings. The number of ether oxygens (including phenoxy) is 3. The molecule has 1 fully saturated rings. The molecule has 0 aromatic heterocycles. The maximum Gasteiger partial charge on any atom is 0.191 e. The molecule has 2 rings (SSSR count). The number of piperidine rings is 1. The highest BCUT2D eigenvalue weighted by Gasteiger charge is 2.20. The number of aliphatic imine (C=N–C) groups is 1. The fourth-order valence-corrected chi connectivity index (χ4v) is 3.28. The van der Waals surface area contributed by atoms with Gasteiger partial charge in [-0.25, -0.2) is 0 Å². The average Bonchev–Trinajstić information content (AvgIpc) is 2.72. The van der Waals surface area contributed by atoms with E-state index in [4.69, 9.17) is 14.2 Å². The number of nitrogens with zero attached hydrogens (tertiary/aromatic N) is 2. The van der Waals surface area contributed by atoms with Gasteiger partial charge in [0, 0.05) is 32.7 Å². The van der Waals surface area contributed by atoms with Gasteiger partial charge in [0.05, 0.1) is 26.4 Å². The highest BCUT2D eigenvalue weighted by Crippen LogP contribution is 2.18. The molecule has 7 heteroatoms. The molecule has 0 amide bonds. The number of hydrogen-bond donors (Lipinski definition) is 2. The summed E-state index contributed by atoms with van der Waals surface area (Å²) in [6, 6.07) is 8.08. The van der Waals surface area contributed by atoms with Gasteiger partial charge in [0.15, 0.2) is 5.96 Å². The number of nitrogens with one attached hydrogen (secondary N) is 2. The van der Waals surface area contributed by atoms with Crippen molar-refractivity contribution in [1.29, 1.82) is 0 Å². The standard InChI is InChI=1S/C22H38N4O3/c1-17(2)28-15-14-26-12-10-19(11-13-26)25-22(23-4)24-16-18(3)29-21-8-6-20(27-5)7-9-21/h6-9,17-19H,10-16H2,1-5H3,(H2,23,24,25). The Bertz CT molecular complexity index is 599. The maximum absolute atomic E-state index is 5.95. The van der Waals surface area contributed by atoms with Crippen molar-refractivity contribution in [2.24, 2.45) is 4.99 Å². The third-order valence-corrected chi connectivity index (χ3v) is 4.96. The Morgan fingerprint density at radius 1 is 1.14 bits per heavy atom. The van der Waals surface area contributed by atoms with Gasteiger partial charge >= 0.3 is 0 Å². The predicted molar refractivity (Wildman–Crippen MR) is 118 cm³/mol. The van der Waals surface area contributed by atoms with Crippen LogP contribution in [0.15, 0.2) is 29.3 Å². The van der Waals surface area contributed by atoms with Crippen LogP contribution in [0.2, 0.25) is 0 Å². The van der Waals surface area contributed by atoms with E-state index < -0.39 is 0 Å². The first-order valence-corrected chi connectivity index (χ1v) is 10.6. The minimum atomic E-state index is 0.0183. The van der Waals surface area contributed by atoms with Crippen LogP contribution in [-0.2, 0) is 4.74 Å². The van der Waals surface area contributed by atoms with Crippen molar-refractivity contribution in [1.82, 2.24) is 15.5 Å². The minimum absolute atomic E-state index is 0.0183. The van der Waals surface area contributed by atoms with E-state index in [0.717, 1.165) is 56.5 Å². The Labute approximate surface area is 175 Å². The van der Waals surface area contributed by atoms with Crippen LogP contribution in [0.5, 0.6) is 11.5 Å². The number of guanidine groups is 1. The normalized spacial score (nSPS) is 17.2. The molecule has 0 radical (unpaired) electrons. The molecule has 29 heavy (non-hydrogen) atoms. The molecule has 0 aliphatic carbocycles. The predicted octanol–water partition coefficient (Wildman–Crippen LogP) is 2.52. The smallest absolute Gasteiger partial charge is 0.191 e. The topological polar surface area (TPSA) is 67.4 Å². The molecule has 1 atom stereocenters. The van der Waals surface area contributed by atoms with E-state index in [2.05, 4.69) is 34.4 Å². The van der Waals surface area contributed by atoms with Crippen LogP contribution in [0.3, 0.4) is 0 Å². The first-order valence-electron chi connectivity index (χ1n) is 10.6. The number of methoxy groups -OCH3 is 1. The molecule has 1 unspecified atom stereocenters. The molecule has 1 aliphatic heterocycles. The highest BCUT2D eigenvalue weighted by atomic mass is 16.5. The van der Waals surface area contributed by atoms with Crippen LogP contribution in [0.1, 0.15) is 33.6 Å². The van der Waals surface area contributed by atoms with Crippen molar-refractivity contribution in [3.8, 4) is 11.5 Å². The van der Waals surface area contributed by atoms with Crippen LogP contribution < -0.4 is 20.1 Å². The van der Waals surface area contributed by atoms with Crippen molar-refractivity contribution in [2.75, 3.05) is 46.9 Å². The van der Waals surface area contributed by atoms with E-state index in [9.17, 15) is 0 Å². The summed E-state index contributed by atoms with van der Waals surface area (Å²) in [5.41, 5.74) is 0. The second kappa shape index (κ2) is 12.5. The number of hydrogen-bond acceptors (Lipinski definition) is 5. The molecule has 1 aromatic rings. The first kappa shape index (κ1) is 23.3. The summed E-state index contributed by atoms with van der Waals surface area (Å²) < 4.78 is 16.8. The molecule has 164 valence electrons. The summed E-state index contributed by atoms with van der Waals surface area (Å²) in [4.78, 5) is 6.83. The quantitative estimate of drug-likeness (QED) is 0.460. The van der Waals surface area contributed by atoms with Gasteiger partial charge in [0.2, 0.25) is 0 Å². The first-order chi connectivity index (χ1) is 14.0. The summed E-state index contributed by atoms with van der Waals surface area (Å²) in [6.45, 7) is 10.9. The van der Waals surface area contributed by atoms with E-state index in [1.807, 2.05) is 38.2 Å². The summed E-state index contributed by atoms with van der Waals surface area (Å²) in [5.74, 6) is 2.49. The summed E-state index contributed by atoms with van der Waals surface area (Å²) in [5, 5.41) is 6.92. The second-order valence-electron chi connectivity index (χ2n) is 7.74. The lowest BCUT2D eigenvalue weighted by Crippen LogP contribution is -2.50. The summed E-state index contributed by atoms with van der Waals surface area (Å²) in [6.07, 6.45) is 2.55. The van der Waals surface area contributed by atoms with Crippen molar-refractivity contribution in [3.05, 3.63) is 24.3 Å². The lowest BCUT2D eigenvalue weighted by atomic mass is 10.1. The molecule has 1 heterocycles. The Morgan fingerprint density at radius 3 is 2.38 bits per heavy atom. The number of likely N-dealkylation sites (tertiary alicyclic amines) is 1. The van der Waals surface area contributed by atoms with E-state index in [-0.39, 0.29) is 6.10 Å². The lowest BCUT2D eigenvalue weighted by Gasteiger charge is -2.33. The Kier molecular flexibility index (Phi) is 10.1. The van der Waals surface area contributed by atoms with Crippen LogP contribution in [0.4, 0.5) is 0 Å². The van der Waals surface area contributed by atoms with Gasteiger partial charge in [-0.05, 0) is 57.9 Å². The largest absolute Gasteiger partial charge is 0.497 e. The molecule has 1 aromatic carbocycles. The van der Waals surface area contributed by atoms with E-state index in [0.29, 0.717) is 18.7 Å². The zero-order valence-electron chi connectivity index (χ0n) is 18.6. The molecule has 1 saturated heterocycles. The summed E-state index contributed by atoms with van der Waals surface area (Å²) in [7, 11) is 3.47. The zero-order chi connectivity index (χ0) is 21.1. The monoisotopic (exact) mass is 406 g/mol. The fraction of sp³-hybridized carbons (Fsp3) is 0.682. The average molecular weight is 407 g/mol. The Hall–Kier alpha value is -1.99. The summed E-state index contributed by atoms with van der Waals surface area (Å²) >= 11 is 0. The number of rotatable bonds is 10. The van der Waals surface area contributed by atoms with Crippen molar-refractivity contribution < 1.29 is 14.2 Å². The molecule has 0 bridgehead atoms. The molecule has 0 spiro atoms. The Balaban J connectivity index is 1.66. The van der Waals surface area contributed by atoms with Crippen molar-refractivity contribution >= 4 is 5.96 Å². The van der Waals surface area contributed by atoms with Gasteiger partial charge < -0.3 is 29.7 Å². The zero-order valence-corrected chi connectivity index (χ0v) is 18.6. The van der Waals surface area contributed by atoms with Crippen molar-refractivity contribution in [3.63, 3.8) is 0 Å². The SMILES string of the molecule is CN=C(NCC(C)Oc1ccc(OC)cc1)NC1CCN(CCOC(C)C)CC1. The van der Waals surface area contributed by atoms with E-state index in [1.165, 1.54) is 0 Å². The van der Waals surface area contributed by atoms with Gasteiger partial charge in [-0.2, -0.15) is 0 Å². The lowest BCUT2D eigenvalue weighted by molar-refractivity contribution is 0.0532. The third kappa shape index (κ3) is 8.92.